The molecule has 3 aromatic rings. The molecule has 134 valence electrons. The van der Waals surface area contributed by atoms with Gasteiger partial charge in [0.15, 0.2) is 0 Å². The van der Waals surface area contributed by atoms with Gasteiger partial charge in [-0.3, -0.25) is 4.79 Å². The van der Waals surface area contributed by atoms with Crippen LogP contribution in [0, 0.1) is 6.92 Å². The van der Waals surface area contributed by atoms with Crippen molar-refractivity contribution < 1.29 is 4.79 Å². The summed E-state index contributed by atoms with van der Waals surface area (Å²) < 4.78 is 0. The van der Waals surface area contributed by atoms with E-state index in [9.17, 15) is 4.79 Å². The zero-order valence-corrected chi connectivity index (χ0v) is 16.3. The first-order valence-electron chi connectivity index (χ1n) is 8.90. The molecule has 0 aliphatic rings. The smallest absolute Gasteiger partial charge is 0.217 e. The Morgan fingerprint density at radius 2 is 1.73 bits per heavy atom. The van der Waals surface area contributed by atoms with Gasteiger partial charge in [-0.05, 0) is 32.3 Å². The van der Waals surface area contributed by atoms with Crippen LogP contribution in [-0.4, -0.2) is 16.9 Å². The van der Waals surface area contributed by atoms with E-state index >= 15 is 0 Å². The van der Waals surface area contributed by atoms with E-state index in [1.54, 1.807) is 18.3 Å². The molecule has 0 aliphatic carbocycles. The molecule has 0 radical (unpaired) electrons. The maximum atomic E-state index is 11.1. The number of nitrogens with zero attached hydrogens (tertiary/aromatic N) is 1. The lowest BCUT2D eigenvalue weighted by Gasteiger charge is -2.12. The van der Waals surface area contributed by atoms with Crippen molar-refractivity contribution in [1.82, 2.24) is 10.3 Å². The molecule has 1 heterocycles. The van der Waals surface area contributed by atoms with E-state index in [-0.39, 0.29) is 11.9 Å². The molecule has 1 atom stereocenters. The van der Waals surface area contributed by atoms with Crippen LogP contribution in [-0.2, 0) is 11.2 Å². The number of carbonyl (C=O) groups is 1. The molecule has 0 saturated heterocycles. The summed E-state index contributed by atoms with van der Waals surface area (Å²) in [5.74, 6) is 0.0285. The highest BCUT2D eigenvalue weighted by Crippen LogP contribution is 2.29. The summed E-state index contributed by atoms with van der Waals surface area (Å²) in [4.78, 5) is 15.9. The molecule has 2 aromatic carbocycles. The highest BCUT2D eigenvalue weighted by atomic mass is 32.1. The number of nitrogens with one attached hydrogen (secondary N) is 1. The van der Waals surface area contributed by atoms with E-state index < -0.39 is 0 Å². The van der Waals surface area contributed by atoms with E-state index in [2.05, 4.69) is 66.2 Å². The Kier molecular flexibility index (Phi) is 5.84. The second kappa shape index (κ2) is 8.28. The number of hydrogen-bond acceptors (Lipinski definition) is 3. The third-order valence-electron chi connectivity index (χ3n) is 4.37. The van der Waals surface area contributed by atoms with Gasteiger partial charge in [0.1, 0.15) is 5.01 Å². The summed E-state index contributed by atoms with van der Waals surface area (Å²) in [5, 5.41) is 6.09. The van der Waals surface area contributed by atoms with Crippen molar-refractivity contribution in [3.8, 4) is 21.8 Å². The normalized spacial score (nSPS) is 12.0. The molecule has 3 nitrogen and oxygen atoms in total. The standard InChI is InChI=1S/C22H24N2OS/c1-15-4-10-20(11-5-15)22-24-21(14-26-22)19-12-8-18(9-13-19)7-6-16(2)23-17(3)25/h4-5,8-14,16H,6-7H2,1-3H3,(H,23,25)/t16-/m1/s1. The van der Waals surface area contributed by atoms with Gasteiger partial charge in [-0.15, -0.1) is 11.3 Å². The summed E-state index contributed by atoms with van der Waals surface area (Å²) in [6, 6.07) is 17.2. The quantitative estimate of drug-likeness (QED) is 0.650. The van der Waals surface area contributed by atoms with Gasteiger partial charge in [0.25, 0.3) is 0 Å². The zero-order valence-electron chi connectivity index (χ0n) is 15.5. The number of rotatable bonds is 6. The first-order chi connectivity index (χ1) is 12.5. The first kappa shape index (κ1) is 18.3. The number of aryl methyl sites for hydroxylation is 2. The zero-order chi connectivity index (χ0) is 18.5. The molecule has 3 rings (SSSR count). The van der Waals surface area contributed by atoms with Crippen molar-refractivity contribution in [2.75, 3.05) is 0 Å². The Morgan fingerprint density at radius 3 is 2.38 bits per heavy atom. The van der Waals surface area contributed by atoms with E-state index in [0.29, 0.717) is 0 Å². The van der Waals surface area contributed by atoms with Gasteiger partial charge in [-0.1, -0.05) is 54.1 Å². The Balaban J connectivity index is 1.65. The number of carbonyl (C=O) groups excluding carboxylic acids is 1. The van der Waals surface area contributed by atoms with Crippen LogP contribution in [0.15, 0.2) is 53.9 Å². The molecule has 1 amide bonds. The van der Waals surface area contributed by atoms with Gasteiger partial charge in [0.05, 0.1) is 5.69 Å². The van der Waals surface area contributed by atoms with Crippen molar-refractivity contribution in [2.24, 2.45) is 0 Å². The molecule has 0 unspecified atom stereocenters. The molecule has 0 bridgehead atoms. The Hall–Kier alpha value is -2.46. The van der Waals surface area contributed by atoms with Crippen LogP contribution in [0.3, 0.4) is 0 Å². The molecule has 1 aromatic heterocycles. The molecule has 4 heteroatoms. The van der Waals surface area contributed by atoms with Gasteiger partial charge in [-0.2, -0.15) is 0 Å². The predicted molar refractivity (Wildman–Crippen MR) is 109 cm³/mol. The number of hydrogen-bond donors (Lipinski definition) is 1. The molecule has 1 N–H and O–H groups in total. The summed E-state index contributed by atoms with van der Waals surface area (Å²) in [6.07, 6.45) is 1.89. The summed E-state index contributed by atoms with van der Waals surface area (Å²) >= 11 is 1.68. The van der Waals surface area contributed by atoms with Gasteiger partial charge in [0.2, 0.25) is 5.91 Å². The highest BCUT2D eigenvalue weighted by Gasteiger charge is 2.08. The molecule has 0 fully saturated rings. The largest absolute Gasteiger partial charge is 0.354 e. The molecular weight excluding hydrogens is 340 g/mol. The van der Waals surface area contributed by atoms with Crippen LogP contribution < -0.4 is 5.32 Å². The fraction of sp³-hybridized carbons (Fsp3) is 0.273. The summed E-state index contributed by atoms with van der Waals surface area (Å²) in [5.41, 5.74) is 5.85. The van der Waals surface area contributed by atoms with Gasteiger partial charge >= 0.3 is 0 Å². The van der Waals surface area contributed by atoms with Crippen LogP contribution >= 0.6 is 11.3 Å². The predicted octanol–water partition coefficient (Wildman–Crippen LogP) is 5.24. The van der Waals surface area contributed by atoms with Crippen molar-refractivity contribution in [3.05, 3.63) is 65.0 Å². The van der Waals surface area contributed by atoms with Crippen LogP contribution in [0.25, 0.3) is 21.8 Å². The van der Waals surface area contributed by atoms with Crippen LogP contribution in [0.2, 0.25) is 0 Å². The van der Waals surface area contributed by atoms with Gasteiger partial charge in [-0.25, -0.2) is 4.98 Å². The highest BCUT2D eigenvalue weighted by molar-refractivity contribution is 7.13. The lowest BCUT2D eigenvalue weighted by molar-refractivity contribution is -0.119. The number of thiazole rings is 1. The average Bonchev–Trinajstić information content (AvgIpc) is 3.10. The Bertz CT molecular complexity index is 866. The SMILES string of the molecule is CC(=O)N[C@H](C)CCc1ccc(-c2csc(-c3ccc(C)cc3)n2)cc1. The second-order valence-electron chi connectivity index (χ2n) is 6.74. The molecule has 0 aliphatic heterocycles. The lowest BCUT2D eigenvalue weighted by atomic mass is 10.0. The van der Waals surface area contributed by atoms with Gasteiger partial charge < -0.3 is 5.32 Å². The fourth-order valence-electron chi connectivity index (χ4n) is 2.88. The number of benzene rings is 2. The van der Waals surface area contributed by atoms with Crippen LogP contribution in [0.1, 0.15) is 31.4 Å². The van der Waals surface area contributed by atoms with Gasteiger partial charge in [0, 0.05) is 29.5 Å². The van der Waals surface area contributed by atoms with Crippen molar-refractivity contribution in [3.63, 3.8) is 0 Å². The van der Waals surface area contributed by atoms with Crippen molar-refractivity contribution in [1.29, 1.82) is 0 Å². The second-order valence-corrected chi connectivity index (χ2v) is 7.60. The van der Waals surface area contributed by atoms with E-state index in [1.165, 1.54) is 11.1 Å². The molecule has 0 saturated carbocycles. The number of aromatic nitrogens is 1. The van der Waals surface area contributed by atoms with Crippen LogP contribution in [0.5, 0.6) is 0 Å². The van der Waals surface area contributed by atoms with E-state index in [0.717, 1.165) is 34.7 Å². The van der Waals surface area contributed by atoms with Crippen molar-refractivity contribution in [2.45, 2.75) is 39.7 Å². The minimum Gasteiger partial charge on any atom is -0.354 e. The third-order valence-corrected chi connectivity index (χ3v) is 5.26. The minimum atomic E-state index is 0.0285. The first-order valence-corrected chi connectivity index (χ1v) is 9.78. The van der Waals surface area contributed by atoms with E-state index in [4.69, 9.17) is 4.98 Å². The maximum absolute atomic E-state index is 11.1. The monoisotopic (exact) mass is 364 g/mol. The Morgan fingerprint density at radius 1 is 1.08 bits per heavy atom. The molecule has 26 heavy (non-hydrogen) atoms. The van der Waals surface area contributed by atoms with E-state index in [1.807, 2.05) is 6.92 Å². The maximum Gasteiger partial charge on any atom is 0.217 e. The topological polar surface area (TPSA) is 42.0 Å². The Labute approximate surface area is 159 Å². The summed E-state index contributed by atoms with van der Waals surface area (Å²) in [6.45, 7) is 5.69. The summed E-state index contributed by atoms with van der Waals surface area (Å²) in [7, 11) is 0. The third kappa shape index (κ3) is 4.79. The fourth-order valence-corrected chi connectivity index (χ4v) is 3.71. The average molecular weight is 365 g/mol. The van der Waals surface area contributed by atoms with Crippen LogP contribution in [0.4, 0.5) is 0 Å². The van der Waals surface area contributed by atoms with Crippen molar-refractivity contribution >= 4 is 17.2 Å². The number of amides is 1. The minimum absolute atomic E-state index is 0.0285. The molecular formula is C22H24N2OS. The lowest BCUT2D eigenvalue weighted by Crippen LogP contribution is -2.30. The molecule has 0 spiro atoms.